The van der Waals surface area contributed by atoms with E-state index in [0.29, 0.717) is 12.3 Å². The second-order valence-electron chi connectivity index (χ2n) is 6.78. The molecule has 0 rings (SSSR count). The molecule has 21 heavy (non-hydrogen) atoms. The number of carbonyl (C=O) groups is 1. The third-order valence-electron chi connectivity index (χ3n) is 4.01. The van der Waals surface area contributed by atoms with Crippen LogP contribution in [0.3, 0.4) is 0 Å². The summed E-state index contributed by atoms with van der Waals surface area (Å²) in [7, 11) is 0. The summed E-state index contributed by atoms with van der Waals surface area (Å²) >= 11 is 0. The van der Waals surface area contributed by atoms with E-state index in [9.17, 15) is 4.79 Å². The summed E-state index contributed by atoms with van der Waals surface area (Å²) in [6.07, 6.45) is 11.7. The fraction of sp³-hybridized carbons (Fsp3) is 0.944. The van der Waals surface area contributed by atoms with Crippen LogP contribution in [-0.2, 0) is 4.79 Å². The number of carboxylic acid groups (broad SMARTS) is 1. The first-order valence-corrected chi connectivity index (χ1v) is 8.76. The van der Waals surface area contributed by atoms with Crippen LogP contribution in [-0.4, -0.2) is 16.6 Å². The topological polar surface area (TPSA) is 63.3 Å². The normalized spacial score (nSPS) is 12.5. The first-order valence-electron chi connectivity index (χ1n) is 8.76. The Kier molecular flexibility index (Phi) is 15.5. The van der Waals surface area contributed by atoms with Crippen LogP contribution in [0.25, 0.3) is 0 Å². The molecule has 0 spiro atoms. The minimum Gasteiger partial charge on any atom is -0.481 e. The van der Waals surface area contributed by atoms with Gasteiger partial charge in [-0.25, -0.2) is 0 Å². The first-order chi connectivity index (χ1) is 9.75. The highest BCUT2D eigenvalue weighted by atomic mass is 16.4. The van der Waals surface area contributed by atoms with Crippen LogP contribution in [0.15, 0.2) is 0 Å². The van der Waals surface area contributed by atoms with E-state index in [1.165, 1.54) is 44.9 Å². The largest absolute Gasteiger partial charge is 0.481 e. The number of carboxylic acids is 1. The van der Waals surface area contributed by atoms with Crippen LogP contribution in [0.2, 0.25) is 0 Å². The Morgan fingerprint density at radius 2 is 1.48 bits per heavy atom. The monoisotopic (exact) mass is 301 g/mol. The Morgan fingerprint density at radius 1 is 1.00 bits per heavy atom. The van der Waals surface area contributed by atoms with E-state index in [-0.39, 0.29) is 5.54 Å². The highest BCUT2D eigenvalue weighted by Gasteiger charge is 2.19. The number of hydrogen-bond donors (Lipinski definition) is 2. The standard InChI is InChI=1S/C13H29N.C5H10O2/c1-5-6-7-8-9-10-11-12(2)13(3,4)14;1-2-3-4-5(6)7/h12H,5-11,14H2,1-4H3;2-4H2,1H3,(H,6,7). The number of unbranched alkanes of at least 4 members (excludes halogenated alkanes) is 6. The maximum atomic E-state index is 9.76. The van der Waals surface area contributed by atoms with Crippen molar-refractivity contribution in [1.29, 1.82) is 0 Å². The molecule has 128 valence electrons. The molecular formula is C18H39NO2. The van der Waals surface area contributed by atoms with Crippen molar-refractivity contribution in [3.63, 3.8) is 0 Å². The summed E-state index contributed by atoms with van der Waals surface area (Å²) in [5, 5.41) is 8.04. The van der Waals surface area contributed by atoms with Crippen LogP contribution < -0.4 is 5.73 Å². The Morgan fingerprint density at radius 3 is 1.86 bits per heavy atom. The maximum absolute atomic E-state index is 9.76. The maximum Gasteiger partial charge on any atom is 0.303 e. The number of nitrogens with two attached hydrogens (primary N) is 1. The van der Waals surface area contributed by atoms with Crippen LogP contribution in [0, 0.1) is 5.92 Å². The molecule has 0 aromatic rings. The van der Waals surface area contributed by atoms with Crippen molar-refractivity contribution in [3.05, 3.63) is 0 Å². The lowest BCUT2D eigenvalue weighted by Gasteiger charge is -2.27. The summed E-state index contributed by atoms with van der Waals surface area (Å²) in [6, 6.07) is 0. The van der Waals surface area contributed by atoms with Crippen molar-refractivity contribution in [1.82, 2.24) is 0 Å². The van der Waals surface area contributed by atoms with Gasteiger partial charge in [0.2, 0.25) is 0 Å². The Hall–Kier alpha value is -0.570. The second kappa shape index (κ2) is 14.4. The summed E-state index contributed by atoms with van der Waals surface area (Å²) < 4.78 is 0. The van der Waals surface area contributed by atoms with Gasteiger partial charge in [0.1, 0.15) is 0 Å². The van der Waals surface area contributed by atoms with Crippen LogP contribution >= 0.6 is 0 Å². The van der Waals surface area contributed by atoms with Gasteiger partial charge in [0.05, 0.1) is 0 Å². The smallest absolute Gasteiger partial charge is 0.303 e. The molecule has 0 aliphatic rings. The van der Waals surface area contributed by atoms with Gasteiger partial charge in [0.15, 0.2) is 0 Å². The molecule has 0 amide bonds. The average molecular weight is 302 g/mol. The highest BCUT2D eigenvalue weighted by molar-refractivity contribution is 5.66. The second-order valence-corrected chi connectivity index (χ2v) is 6.78. The highest BCUT2D eigenvalue weighted by Crippen LogP contribution is 2.20. The van der Waals surface area contributed by atoms with Gasteiger partial charge in [-0.1, -0.05) is 65.7 Å². The zero-order valence-corrected chi connectivity index (χ0v) is 15.1. The third kappa shape index (κ3) is 19.4. The van der Waals surface area contributed by atoms with Crippen molar-refractivity contribution < 1.29 is 9.90 Å². The summed E-state index contributed by atoms with van der Waals surface area (Å²) in [5.41, 5.74) is 6.04. The molecule has 0 aromatic carbocycles. The summed E-state index contributed by atoms with van der Waals surface area (Å²) in [6.45, 7) is 10.8. The van der Waals surface area contributed by atoms with Crippen molar-refractivity contribution in [2.24, 2.45) is 11.7 Å². The summed E-state index contributed by atoms with van der Waals surface area (Å²) in [5.74, 6) is -0.0458. The SMILES string of the molecule is CCCCC(=O)O.CCCCCCCCC(C)C(C)(C)N. The molecule has 3 N–H and O–H groups in total. The van der Waals surface area contributed by atoms with E-state index in [1.807, 2.05) is 6.92 Å². The van der Waals surface area contributed by atoms with Crippen LogP contribution in [0.5, 0.6) is 0 Å². The molecule has 0 fully saturated rings. The molecule has 0 aliphatic carbocycles. The quantitative estimate of drug-likeness (QED) is 0.504. The van der Waals surface area contributed by atoms with E-state index in [2.05, 4.69) is 27.7 Å². The van der Waals surface area contributed by atoms with Crippen molar-refractivity contribution in [3.8, 4) is 0 Å². The Bertz CT molecular complexity index is 234. The zero-order chi connectivity index (χ0) is 16.7. The van der Waals surface area contributed by atoms with Crippen LogP contribution in [0.1, 0.15) is 98.8 Å². The predicted molar refractivity (Wildman–Crippen MR) is 92.6 cm³/mol. The zero-order valence-electron chi connectivity index (χ0n) is 15.1. The lowest BCUT2D eigenvalue weighted by molar-refractivity contribution is -0.137. The molecule has 0 bridgehead atoms. The van der Waals surface area contributed by atoms with Gasteiger partial charge in [-0.15, -0.1) is 0 Å². The van der Waals surface area contributed by atoms with E-state index in [4.69, 9.17) is 10.8 Å². The van der Waals surface area contributed by atoms with Gasteiger partial charge in [0.25, 0.3) is 0 Å². The average Bonchev–Trinajstić information content (AvgIpc) is 2.39. The molecule has 0 heterocycles. The predicted octanol–water partition coefficient (Wildman–Crippen LogP) is 5.37. The molecule has 1 unspecified atom stereocenters. The molecule has 0 saturated carbocycles. The van der Waals surface area contributed by atoms with E-state index in [0.717, 1.165) is 12.8 Å². The van der Waals surface area contributed by atoms with Gasteiger partial charge in [0, 0.05) is 12.0 Å². The number of rotatable bonds is 11. The van der Waals surface area contributed by atoms with Crippen molar-refractivity contribution >= 4 is 5.97 Å². The van der Waals surface area contributed by atoms with E-state index < -0.39 is 5.97 Å². The lowest BCUT2D eigenvalue weighted by atomic mass is 9.86. The number of hydrogen-bond acceptors (Lipinski definition) is 2. The lowest BCUT2D eigenvalue weighted by Crippen LogP contribution is -2.39. The molecule has 0 saturated heterocycles. The molecule has 3 nitrogen and oxygen atoms in total. The van der Waals surface area contributed by atoms with Gasteiger partial charge >= 0.3 is 5.97 Å². The van der Waals surface area contributed by atoms with Crippen molar-refractivity contribution in [2.75, 3.05) is 0 Å². The van der Waals surface area contributed by atoms with Gasteiger partial charge in [-0.05, 0) is 32.6 Å². The molecular weight excluding hydrogens is 262 g/mol. The van der Waals surface area contributed by atoms with Crippen molar-refractivity contribution in [2.45, 2.75) is 104 Å². The first kappa shape index (κ1) is 22.7. The van der Waals surface area contributed by atoms with Gasteiger partial charge < -0.3 is 10.8 Å². The fourth-order valence-electron chi connectivity index (χ4n) is 1.93. The molecule has 0 radical (unpaired) electrons. The van der Waals surface area contributed by atoms with E-state index >= 15 is 0 Å². The minimum absolute atomic E-state index is 0.00339. The Labute approximate surface area is 132 Å². The molecule has 1 atom stereocenters. The summed E-state index contributed by atoms with van der Waals surface area (Å²) in [4.78, 5) is 9.76. The molecule has 0 aromatic heterocycles. The molecule has 3 heteroatoms. The van der Waals surface area contributed by atoms with Gasteiger partial charge in [-0.3, -0.25) is 4.79 Å². The number of aliphatic carboxylic acids is 1. The third-order valence-corrected chi connectivity index (χ3v) is 4.01. The fourth-order valence-corrected chi connectivity index (χ4v) is 1.93. The Balaban J connectivity index is 0. The van der Waals surface area contributed by atoms with E-state index in [1.54, 1.807) is 0 Å². The minimum atomic E-state index is -0.693. The van der Waals surface area contributed by atoms with Crippen LogP contribution in [0.4, 0.5) is 0 Å². The van der Waals surface area contributed by atoms with Gasteiger partial charge in [-0.2, -0.15) is 0 Å². The molecule has 0 aliphatic heterocycles.